The van der Waals surface area contributed by atoms with Crippen molar-refractivity contribution in [2.75, 3.05) is 13.7 Å². The largest absolute Gasteiger partial charge is 0.496 e. The molecule has 0 heterocycles. The molecule has 0 unspecified atom stereocenters. The minimum absolute atomic E-state index is 0.135. The molecular formula is C14H23NO. The molecule has 0 aliphatic carbocycles. The molecule has 2 nitrogen and oxygen atoms in total. The van der Waals surface area contributed by atoms with E-state index in [2.05, 4.69) is 39.8 Å². The highest BCUT2D eigenvalue weighted by Crippen LogP contribution is 2.33. The van der Waals surface area contributed by atoms with Crippen LogP contribution in [0.1, 0.15) is 37.0 Å². The first kappa shape index (κ1) is 13.0. The molecule has 2 N–H and O–H groups in total. The predicted octanol–water partition coefficient (Wildman–Crippen LogP) is 2.94. The van der Waals surface area contributed by atoms with Gasteiger partial charge in [-0.3, -0.25) is 0 Å². The second kappa shape index (κ2) is 4.88. The molecule has 1 aromatic rings. The van der Waals surface area contributed by atoms with Gasteiger partial charge in [0.25, 0.3) is 0 Å². The third kappa shape index (κ3) is 2.38. The lowest BCUT2D eigenvalue weighted by Gasteiger charge is -2.28. The van der Waals surface area contributed by atoms with E-state index in [0.29, 0.717) is 0 Å². The highest BCUT2D eigenvalue weighted by Gasteiger charge is 2.22. The Bertz CT molecular complexity index is 369. The smallest absolute Gasteiger partial charge is 0.122 e. The van der Waals surface area contributed by atoms with Crippen LogP contribution < -0.4 is 10.5 Å². The van der Waals surface area contributed by atoms with Crippen molar-refractivity contribution in [1.82, 2.24) is 0 Å². The van der Waals surface area contributed by atoms with Crippen LogP contribution in [0, 0.1) is 13.8 Å². The number of hydrogen-bond acceptors (Lipinski definition) is 2. The number of benzene rings is 1. The van der Waals surface area contributed by atoms with Crippen molar-refractivity contribution in [3.05, 3.63) is 28.8 Å². The molecule has 1 rings (SSSR count). The van der Waals surface area contributed by atoms with Gasteiger partial charge in [-0.25, -0.2) is 0 Å². The minimum Gasteiger partial charge on any atom is -0.496 e. The monoisotopic (exact) mass is 221 g/mol. The first-order valence-corrected chi connectivity index (χ1v) is 5.78. The number of ether oxygens (including phenoxy) is 1. The average Bonchev–Trinajstić information content (AvgIpc) is 2.21. The molecule has 0 bridgehead atoms. The molecule has 0 aliphatic rings. The van der Waals surface area contributed by atoms with Gasteiger partial charge in [-0.05, 0) is 55.0 Å². The van der Waals surface area contributed by atoms with E-state index in [1.54, 1.807) is 7.11 Å². The van der Waals surface area contributed by atoms with E-state index < -0.39 is 0 Å². The quantitative estimate of drug-likeness (QED) is 0.848. The van der Waals surface area contributed by atoms with Crippen molar-refractivity contribution in [2.24, 2.45) is 5.73 Å². The van der Waals surface area contributed by atoms with Gasteiger partial charge in [0.05, 0.1) is 7.11 Å². The lowest BCUT2D eigenvalue weighted by Crippen LogP contribution is -2.23. The van der Waals surface area contributed by atoms with E-state index in [1.807, 2.05) is 0 Å². The highest BCUT2D eigenvalue weighted by atomic mass is 16.5. The maximum atomic E-state index is 5.67. The molecule has 16 heavy (non-hydrogen) atoms. The normalized spacial score (nSPS) is 11.6. The Hall–Kier alpha value is -1.02. The van der Waals surface area contributed by atoms with Gasteiger partial charge >= 0.3 is 0 Å². The van der Waals surface area contributed by atoms with Crippen LogP contribution in [0.4, 0.5) is 0 Å². The summed E-state index contributed by atoms with van der Waals surface area (Å²) in [6.07, 6.45) is 1.000. The van der Waals surface area contributed by atoms with Crippen molar-refractivity contribution in [2.45, 2.75) is 39.5 Å². The number of hydrogen-bond donors (Lipinski definition) is 1. The summed E-state index contributed by atoms with van der Waals surface area (Å²) in [7, 11) is 1.71. The molecule has 0 fully saturated rings. The Morgan fingerprint density at radius 3 is 2.31 bits per heavy atom. The average molecular weight is 221 g/mol. The molecule has 0 saturated carbocycles. The van der Waals surface area contributed by atoms with Crippen molar-refractivity contribution in [1.29, 1.82) is 0 Å². The molecular weight excluding hydrogens is 198 g/mol. The van der Waals surface area contributed by atoms with Crippen LogP contribution >= 0.6 is 0 Å². The van der Waals surface area contributed by atoms with E-state index in [9.17, 15) is 0 Å². The van der Waals surface area contributed by atoms with Crippen LogP contribution in [0.15, 0.2) is 12.1 Å². The fourth-order valence-electron chi connectivity index (χ4n) is 2.25. The van der Waals surface area contributed by atoms with E-state index in [0.717, 1.165) is 18.7 Å². The molecule has 0 spiro atoms. The fraction of sp³-hybridized carbons (Fsp3) is 0.571. The topological polar surface area (TPSA) is 35.2 Å². The van der Waals surface area contributed by atoms with Gasteiger partial charge in [0.2, 0.25) is 0 Å². The predicted molar refractivity (Wildman–Crippen MR) is 69.2 cm³/mol. The van der Waals surface area contributed by atoms with Gasteiger partial charge < -0.3 is 10.5 Å². The van der Waals surface area contributed by atoms with E-state index >= 15 is 0 Å². The summed E-state index contributed by atoms with van der Waals surface area (Å²) >= 11 is 0. The maximum Gasteiger partial charge on any atom is 0.122 e. The van der Waals surface area contributed by atoms with E-state index in [-0.39, 0.29) is 5.41 Å². The standard InChI is InChI=1S/C14H23NO/c1-10-11(2)13(16-5)7-6-12(10)14(3,4)8-9-15/h6-7H,8-9,15H2,1-5H3. The summed E-state index contributed by atoms with van der Waals surface area (Å²) in [6.45, 7) is 9.47. The summed E-state index contributed by atoms with van der Waals surface area (Å²) in [5, 5.41) is 0. The first-order valence-electron chi connectivity index (χ1n) is 5.78. The van der Waals surface area contributed by atoms with Crippen molar-refractivity contribution < 1.29 is 4.74 Å². The number of methoxy groups -OCH3 is 1. The Labute approximate surface area is 98.8 Å². The van der Waals surface area contributed by atoms with Gasteiger partial charge in [0.1, 0.15) is 5.75 Å². The molecule has 90 valence electrons. The summed E-state index contributed by atoms with van der Waals surface area (Å²) < 4.78 is 5.33. The lowest BCUT2D eigenvalue weighted by molar-refractivity contribution is 0.409. The minimum atomic E-state index is 0.135. The zero-order valence-corrected chi connectivity index (χ0v) is 11.1. The molecule has 0 amide bonds. The molecule has 2 heteroatoms. The molecule has 0 radical (unpaired) electrons. The Morgan fingerprint density at radius 2 is 1.81 bits per heavy atom. The molecule has 0 aliphatic heterocycles. The molecule has 1 aromatic carbocycles. The van der Waals surface area contributed by atoms with Crippen LogP contribution in [-0.2, 0) is 5.41 Å². The second-order valence-corrected chi connectivity index (χ2v) is 4.99. The van der Waals surface area contributed by atoms with Crippen LogP contribution in [0.3, 0.4) is 0 Å². The van der Waals surface area contributed by atoms with Gasteiger partial charge in [-0.15, -0.1) is 0 Å². The molecule has 0 atom stereocenters. The third-order valence-electron chi connectivity index (χ3n) is 3.46. The Kier molecular flexibility index (Phi) is 3.98. The molecule has 0 saturated heterocycles. The van der Waals surface area contributed by atoms with Gasteiger partial charge in [-0.1, -0.05) is 19.9 Å². The van der Waals surface area contributed by atoms with Gasteiger partial charge in [-0.2, -0.15) is 0 Å². The molecule has 0 aromatic heterocycles. The van der Waals surface area contributed by atoms with Crippen LogP contribution in [0.25, 0.3) is 0 Å². The van der Waals surface area contributed by atoms with Crippen molar-refractivity contribution in [3.8, 4) is 5.75 Å². The third-order valence-corrected chi connectivity index (χ3v) is 3.46. The zero-order chi connectivity index (χ0) is 12.3. The van der Waals surface area contributed by atoms with Crippen molar-refractivity contribution in [3.63, 3.8) is 0 Å². The summed E-state index contributed by atoms with van der Waals surface area (Å²) in [5.74, 6) is 0.963. The van der Waals surface area contributed by atoms with Gasteiger partial charge in [0, 0.05) is 0 Å². The maximum absolute atomic E-state index is 5.67. The summed E-state index contributed by atoms with van der Waals surface area (Å²) in [6, 6.07) is 4.22. The Balaban J connectivity index is 3.21. The van der Waals surface area contributed by atoms with Crippen LogP contribution in [-0.4, -0.2) is 13.7 Å². The second-order valence-electron chi connectivity index (χ2n) is 4.99. The first-order chi connectivity index (χ1) is 7.44. The fourth-order valence-corrected chi connectivity index (χ4v) is 2.25. The van der Waals surface area contributed by atoms with Crippen LogP contribution in [0.5, 0.6) is 5.75 Å². The highest BCUT2D eigenvalue weighted by molar-refractivity contribution is 5.46. The SMILES string of the molecule is COc1ccc(C(C)(C)CCN)c(C)c1C. The summed E-state index contributed by atoms with van der Waals surface area (Å²) in [5.41, 5.74) is 9.72. The van der Waals surface area contributed by atoms with E-state index in [1.165, 1.54) is 16.7 Å². The lowest BCUT2D eigenvalue weighted by atomic mass is 9.78. The summed E-state index contributed by atoms with van der Waals surface area (Å²) in [4.78, 5) is 0. The Morgan fingerprint density at radius 1 is 1.19 bits per heavy atom. The zero-order valence-electron chi connectivity index (χ0n) is 11.1. The van der Waals surface area contributed by atoms with E-state index in [4.69, 9.17) is 10.5 Å². The van der Waals surface area contributed by atoms with Crippen molar-refractivity contribution >= 4 is 0 Å². The van der Waals surface area contributed by atoms with Crippen LogP contribution in [0.2, 0.25) is 0 Å². The number of nitrogens with two attached hydrogens (primary N) is 1. The van der Waals surface area contributed by atoms with Gasteiger partial charge in [0.15, 0.2) is 0 Å². The number of rotatable bonds is 4.